The maximum absolute atomic E-state index is 14.3. The fourth-order valence-electron chi connectivity index (χ4n) is 3.29. The van der Waals surface area contributed by atoms with Crippen molar-refractivity contribution in [3.63, 3.8) is 0 Å². The zero-order chi connectivity index (χ0) is 14.9. The molecule has 0 radical (unpaired) electrons. The van der Waals surface area contributed by atoms with Gasteiger partial charge in [-0.1, -0.05) is 42.8 Å². The smallest absolute Gasteiger partial charge is 0.131 e. The summed E-state index contributed by atoms with van der Waals surface area (Å²) in [5, 5.41) is 0. The van der Waals surface area contributed by atoms with E-state index in [0.717, 1.165) is 19.3 Å². The number of halogens is 1. The first-order valence-corrected chi connectivity index (χ1v) is 7.32. The van der Waals surface area contributed by atoms with E-state index in [1.54, 1.807) is 12.1 Å². The Balaban J connectivity index is 1.98. The van der Waals surface area contributed by atoms with Crippen molar-refractivity contribution in [2.45, 2.75) is 30.7 Å². The molecule has 2 aromatic carbocycles. The summed E-state index contributed by atoms with van der Waals surface area (Å²) in [6, 6.07) is 14.8. The van der Waals surface area contributed by atoms with Crippen LogP contribution >= 0.6 is 0 Å². The van der Waals surface area contributed by atoms with Crippen LogP contribution in [0.25, 0.3) is 0 Å². The summed E-state index contributed by atoms with van der Waals surface area (Å²) in [6.45, 7) is 0. The number of nitrogens with two attached hydrogens (primary N) is 1. The average Bonchev–Trinajstić information content (AvgIpc) is 2.47. The highest BCUT2D eigenvalue weighted by Gasteiger charge is 2.45. The quantitative estimate of drug-likeness (QED) is 0.923. The Hall–Kier alpha value is -1.87. The lowest BCUT2D eigenvalue weighted by molar-refractivity contribution is 0.193. The Morgan fingerprint density at radius 1 is 1.14 bits per heavy atom. The van der Waals surface area contributed by atoms with Crippen LogP contribution < -0.4 is 10.5 Å². The minimum absolute atomic E-state index is 0.142. The van der Waals surface area contributed by atoms with Crippen LogP contribution in [-0.2, 0) is 5.41 Å². The molecule has 3 rings (SSSR count). The molecule has 1 unspecified atom stereocenters. The van der Waals surface area contributed by atoms with Crippen LogP contribution in [-0.4, -0.2) is 7.11 Å². The zero-order valence-electron chi connectivity index (χ0n) is 12.2. The van der Waals surface area contributed by atoms with Gasteiger partial charge in [0.2, 0.25) is 0 Å². The maximum Gasteiger partial charge on any atom is 0.131 e. The molecule has 21 heavy (non-hydrogen) atoms. The van der Waals surface area contributed by atoms with E-state index in [0.29, 0.717) is 11.3 Å². The molecule has 0 amide bonds. The number of hydrogen-bond acceptors (Lipinski definition) is 2. The van der Waals surface area contributed by atoms with Crippen molar-refractivity contribution in [3.05, 3.63) is 65.5 Å². The fourth-order valence-corrected chi connectivity index (χ4v) is 3.29. The highest BCUT2D eigenvalue weighted by molar-refractivity contribution is 5.38. The third kappa shape index (κ3) is 2.32. The van der Waals surface area contributed by atoms with Crippen molar-refractivity contribution in [3.8, 4) is 5.75 Å². The standard InChI is InChI=1S/C18H20FNO/c1-21-14-8-9-15(16(19)12-14)17(20)18(10-5-11-18)13-6-3-2-4-7-13/h2-4,6-9,12,17H,5,10-11,20H2,1H3. The molecule has 1 saturated carbocycles. The predicted octanol–water partition coefficient (Wildman–Crippen LogP) is 3.96. The van der Waals surface area contributed by atoms with E-state index in [2.05, 4.69) is 12.1 Å². The maximum atomic E-state index is 14.3. The van der Waals surface area contributed by atoms with Crippen molar-refractivity contribution >= 4 is 0 Å². The number of benzene rings is 2. The van der Waals surface area contributed by atoms with Gasteiger partial charge < -0.3 is 10.5 Å². The second-order valence-corrected chi connectivity index (χ2v) is 5.74. The number of rotatable bonds is 4. The van der Waals surface area contributed by atoms with Crippen LogP contribution in [0, 0.1) is 5.82 Å². The summed E-state index contributed by atoms with van der Waals surface area (Å²) in [6.07, 6.45) is 3.15. The van der Waals surface area contributed by atoms with Crippen LogP contribution in [0.5, 0.6) is 5.75 Å². The molecule has 0 aliphatic heterocycles. The van der Waals surface area contributed by atoms with Gasteiger partial charge in [-0.2, -0.15) is 0 Å². The van der Waals surface area contributed by atoms with E-state index in [4.69, 9.17) is 10.5 Å². The highest BCUT2D eigenvalue weighted by Crippen LogP contribution is 2.51. The molecule has 1 aliphatic rings. The lowest BCUT2D eigenvalue weighted by Crippen LogP contribution is -2.44. The molecular formula is C18H20FNO. The van der Waals surface area contributed by atoms with Gasteiger partial charge in [0.15, 0.2) is 0 Å². The second-order valence-electron chi connectivity index (χ2n) is 5.74. The van der Waals surface area contributed by atoms with Gasteiger partial charge in [0, 0.05) is 23.1 Å². The fraction of sp³-hybridized carbons (Fsp3) is 0.333. The molecule has 0 aromatic heterocycles. The molecule has 110 valence electrons. The van der Waals surface area contributed by atoms with Crippen molar-refractivity contribution in [1.82, 2.24) is 0 Å². The minimum atomic E-state index is -0.334. The van der Waals surface area contributed by atoms with Gasteiger partial charge in [0.1, 0.15) is 11.6 Å². The molecule has 2 nitrogen and oxygen atoms in total. The van der Waals surface area contributed by atoms with Gasteiger partial charge >= 0.3 is 0 Å². The van der Waals surface area contributed by atoms with Gasteiger partial charge in [0.25, 0.3) is 0 Å². The van der Waals surface area contributed by atoms with E-state index in [1.807, 2.05) is 18.2 Å². The SMILES string of the molecule is COc1ccc(C(N)C2(c3ccccc3)CCC2)c(F)c1. The van der Waals surface area contributed by atoms with Crippen molar-refractivity contribution < 1.29 is 9.13 Å². The Morgan fingerprint density at radius 2 is 1.86 bits per heavy atom. The summed E-state index contributed by atoms with van der Waals surface area (Å²) in [5.74, 6) is 0.231. The zero-order valence-corrected chi connectivity index (χ0v) is 12.2. The topological polar surface area (TPSA) is 35.2 Å². The number of methoxy groups -OCH3 is 1. The lowest BCUT2D eigenvalue weighted by Gasteiger charge is -2.47. The summed E-state index contributed by atoms with van der Waals surface area (Å²) in [7, 11) is 1.53. The normalized spacial score (nSPS) is 17.9. The predicted molar refractivity (Wildman–Crippen MR) is 81.9 cm³/mol. The molecule has 1 aliphatic carbocycles. The van der Waals surface area contributed by atoms with Crippen molar-refractivity contribution in [1.29, 1.82) is 0 Å². The molecule has 1 fully saturated rings. The largest absolute Gasteiger partial charge is 0.497 e. The molecule has 1 atom stereocenters. The molecule has 0 heterocycles. The highest BCUT2D eigenvalue weighted by atomic mass is 19.1. The van der Waals surface area contributed by atoms with Gasteiger partial charge in [-0.3, -0.25) is 0 Å². The molecule has 2 N–H and O–H groups in total. The lowest BCUT2D eigenvalue weighted by atomic mass is 9.59. The summed E-state index contributed by atoms with van der Waals surface area (Å²) in [4.78, 5) is 0. The van der Waals surface area contributed by atoms with E-state index in [1.165, 1.54) is 18.7 Å². The minimum Gasteiger partial charge on any atom is -0.497 e. The molecule has 0 spiro atoms. The second kappa shape index (κ2) is 5.49. The van der Waals surface area contributed by atoms with E-state index < -0.39 is 0 Å². The Labute approximate surface area is 124 Å². The monoisotopic (exact) mass is 285 g/mol. The Morgan fingerprint density at radius 3 is 2.38 bits per heavy atom. The van der Waals surface area contributed by atoms with E-state index in [-0.39, 0.29) is 17.3 Å². The molecule has 0 bridgehead atoms. The summed E-state index contributed by atoms with van der Waals surface area (Å²) < 4.78 is 19.4. The number of ether oxygens (including phenoxy) is 1. The van der Waals surface area contributed by atoms with Crippen LogP contribution in [0.15, 0.2) is 48.5 Å². The molecule has 3 heteroatoms. The average molecular weight is 285 g/mol. The Bertz CT molecular complexity index is 622. The van der Waals surface area contributed by atoms with Gasteiger partial charge in [-0.15, -0.1) is 0 Å². The molecule has 2 aromatic rings. The van der Waals surface area contributed by atoms with Crippen molar-refractivity contribution in [2.24, 2.45) is 5.73 Å². The first-order valence-electron chi connectivity index (χ1n) is 7.32. The van der Waals surface area contributed by atoms with Crippen LogP contribution in [0.4, 0.5) is 4.39 Å². The summed E-state index contributed by atoms with van der Waals surface area (Å²) >= 11 is 0. The van der Waals surface area contributed by atoms with Crippen LogP contribution in [0.1, 0.15) is 36.4 Å². The van der Waals surface area contributed by atoms with E-state index >= 15 is 0 Å². The third-order valence-corrected chi connectivity index (χ3v) is 4.73. The first-order chi connectivity index (χ1) is 10.2. The van der Waals surface area contributed by atoms with Gasteiger partial charge in [0.05, 0.1) is 7.11 Å². The third-order valence-electron chi connectivity index (χ3n) is 4.73. The van der Waals surface area contributed by atoms with Gasteiger partial charge in [-0.05, 0) is 24.5 Å². The molecule has 0 saturated heterocycles. The van der Waals surface area contributed by atoms with Crippen LogP contribution in [0.3, 0.4) is 0 Å². The van der Waals surface area contributed by atoms with Gasteiger partial charge in [-0.25, -0.2) is 4.39 Å². The van der Waals surface area contributed by atoms with E-state index in [9.17, 15) is 4.39 Å². The molecular weight excluding hydrogens is 265 g/mol. The first kappa shape index (κ1) is 14.1. The Kier molecular flexibility index (Phi) is 3.68. The summed E-state index contributed by atoms with van der Waals surface area (Å²) in [5.41, 5.74) is 8.11. The van der Waals surface area contributed by atoms with Crippen molar-refractivity contribution in [2.75, 3.05) is 7.11 Å². The number of hydrogen-bond donors (Lipinski definition) is 1. The van der Waals surface area contributed by atoms with Crippen LogP contribution in [0.2, 0.25) is 0 Å².